The van der Waals surface area contributed by atoms with Gasteiger partial charge in [-0.3, -0.25) is 13.8 Å². The SMILES string of the molecule is CCCCCCCCC/C=C/CC/C=C/C(O)C(COP(=O)(O)OCC[N+](C)(C)C)NC(=O)CCCCCCCCCCCCCCCCCCCCC. The Morgan fingerprint density at radius 1 is 0.611 bits per heavy atom. The number of nitrogens with zero attached hydrogens (tertiary/aromatic N) is 1. The lowest BCUT2D eigenvalue weighted by molar-refractivity contribution is -0.870. The highest BCUT2D eigenvalue weighted by Crippen LogP contribution is 2.43. The van der Waals surface area contributed by atoms with Crippen LogP contribution in [0, 0.1) is 0 Å². The molecule has 8 nitrogen and oxygen atoms in total. The third-order valence-electron chi connectivity index (χ3n) is 10.2. The number of likely N-dealkylation sites (N-methyl/N-ethyl adjacent to an activating group) is 1. The zero-order chi connectivity index (χ0) is 40.0. The molecule has 1 amide bonds. The van der Waals surface area contributed by atoms with Crippen LogP contribution >= 0.6 is 7.82 Å². The molecule has 320 valence electrons. The lowest BCUT2D eigenvalue weighted by atomic mass is 10.0. The van der Waals surface area contributed by atoms with E-state index in [1.54, 1.807) is 6.08 Å². The number of phosphoric acid groups is 1. The Hall–Kier alpha value is -1.02. The molecule has 0 rings (SSSR count). The zero-order valence-corrected chi connectivity index (χ0v) is 37.1. The highest BCUT2D eigenvalue weighted by atomic mass is 31.2. The number of aliphatic hydroxyl groups is 1. The number of phosphoric ester groups is 1. The predicted octanol–water partition coefficient (Wildman–Crippen LogP) is 12.5. The molecule has 0 radical (unpaired) electrons. The number of carbonyl (C=O) groups excluding carboxylic acids is 1. The van der Waals surface area contributed by atoms with Crippen LogP contribution in [-0.2, 0) is 18.4 Å². The van der Waals surface area contributed by atoms with Gasteiger partial charge in [0.1, 0.15) is 13.2 Å². The first-order chi connectivity index (χ1) is 26.0. The monoisotopic (exact) mass is 786 g/mol. The van der Waals surface area contributed by atoms with Gasteiger partial charge in [0.05, 0.1) is 39.9 Å². The molecule has 0 heterocycles. The Morgan fingerprint density at radius 2 is 1.02 bits per heavy atom. The molecule has 0 bridgehead atoms. The minimum Gasteiger partial charge on any atom is -0.387 e. The van der Waals surface area contributed by atoms with Gasteiger partial charge in [0.2, 0.25) is 5.91 Å². The van der Waals surface area contributed by atoms with E-state index in [1.807, 2.05) is 27.2 Å². The Kier molecular flexibility index (Phi) is 36.8. The minimum absolute atomic E-state index is 0.0582. The van der Waals surface area contributed by atoms with Crippen molar-refractivity contribution in [2.45, 2.75) is 219 Å². The molecule has 3 atom stereocenters. The zero-order valence-electron chi connectivity index (χ0n) is 36.2. The van der Waals surface area contributed by atoms with Crippen molar-refractivity contribution >= 4 is 13.7 Å². The van der Waals surface area contributed by atoms with E-state index in [0.29, 0.717) is 17.4 Å². The molecule has 0 spiro atoms. The molecule has 0 saturated heterocycles. The van der Waals surface area contributed by atoms with Crippen LogP contribution in [0.5, 0.6) is 0 Å². The Bertz CT molecular complexity index is 938. The molecule has 0 aromatic heterocycles. The number of allylic oxidation sites excluding steroid dienone is 3. The maximum atomic E-state index is 12.9. The van der Waals surface area contributed by atoms with Gasteiger partial charge in [0, 0.05) is 6.42 Å². The number of nitrogens with one attached hydrogen (secondary N) is 1. The molecule has 0 aliphatic carbocycles. The second-order valence-corrected chi connectivity index (χ2v) is 18.2. The van der Waals surface area contributed by atoms with Crippen LogP contribution in [0.15, 0.2) is 24.3 Å². The van der Waals surface area contributed by atoms with E-state index < -0.39 is 20.0 Å². The third kappa shape index (κ3) is 39.2. The predicted molar refractivity (Wildman–Crippen MR) is 231 cm³/mol. The lowest BCUT2D eigenvalue weighted by Gasteiger charge is -2.25. The van der Waals surface area contributed by atoms with E-state index >= 15 is 0 Å². The molecule has 0 aliphatic rings. The second-order valence-electron chi connectivity index (χ2n) is 16.8. The van der Waals surface area contributed by atoms with Crippen LogP contribution in [0.4, 0.5) is 0 Å². The van der Waals surface area contributed by atoms with E-state index in [4.69, 9.17) is 9.05 Å². The van der Waals surface area contributed by atoms with Gasteiger partial charge in [0.25, 0.3) is 0 Å². The molecule has 9 heteroatoms. The highest BCUT2D eigenvalue weighted by molar-refractivity contribution is 7.47. The molecule has 0 aliphatic heterocycles. The Morgan fingerprint density at radius 3 is 1.48 bits per heavy atom. The second kappa shape index (κ2) is 37.6. The van der Waals surface area contributed by atoms with Gasteiger partial charge in [-0.05, 0) is 32.1 Å². The summed E-state index contributed by atoms with van der Waals surface area (Å²) in [4.78, 5) is 23.1. The standard InChI is InChI=1S/C45H89N2O6P/c1-6-8-10-12-14-16-18-20-21-22-23-24-25-27-29-31-33-35-37-39-45(49)46-43(42-53-54(50,51)52-41-40-47(3,4)5)44(48)38-36-34-32-30-28-26-19-17-15-13-11-9-7-2/h28,30,36,38,43-44,48H,6-27,29,31-35,37,39-42H2,1-5H3,(H-,46,49,50,51)/p+1/b30-28+,38-36+. The maximum absolute atomic E-state index is 12.9. The van der Waals surface area contributed by atoms with E-state index in [1.165, 1.54) is 148 Å². The molecule has 0 aromatic rings. The summed E-state index contributed by atoms with van der Waals surface area (Å²) in [5.74, 6) is -0.185. The maximum Gasteiger partial charge on any atom is 0.472 e. The first-order valence-corrected chi connectivity index (χ1v) is 24.2. The normalized spacial score (nSPS) is 14.6. The average molecular weight is 786 g/mol. The molecule has 0 fully saturated rings. The van der Waals surface area contributed by atoms with Gasteiger partial charge in [0.15, 0.2) is 0 Å². The smallest absolute Gasteiger partial charge is 0.387 e. The summed E-state index contributed by atoms with van der Waals surface area (Å²) in [5.41, 5.74) is 0. The number of quaternary nitrogens is 1. The summed E-state index contributed by atoms with van der Waals surface area (Å²) in [6.07, 6.45) is 43.9. The van der Waals surface area contributed by atoms with Gasteiger partial charge >= 0.3 is 7.82 Å². The van der Waals surface area contributed by atoms with E-state index in [2.05, 4.69) is 31.3 Å². The van der Waals surface area contributed by atoms with Gasteiger partial charge in [-0.2, -0.15) is 0 Å². The van der Waals surface area contributed by atoms with Crippen LogP contribution in [0.2, 0.25) is 0 Å². The first kappa shape index (κ1) is 53.0. The van der Waals surface area contributed by atoms with Crippen molar-refractivity contribution in [1.82, 2.24) is 5.32 Å². The van der Waals surface area contributed by atoms with Crippen molar-refractivity contribution in [3.8, 4) is 0 Å². The molecule has 0 aromatic carbocycles. The quantitative estimate of drug-likeness (QED) is 0.0247. The van der Waals surface area contributed by atoms with E-state index in [9.17, 15) is 19.4 Å². The van der Waals surface area contributed by atoms with Gasteiger partial charge in [-0.25, -0.2) is 4.57 Å². The van der Waals surface area contributed by atoms with Gasteiger partial charge in [-0.15, -0.1) is 0 Å². The Labute approximate surface area is 334 Å². The van der Waals surface area contributed by atoms with Crippen LogP contribution in [-0.4, -0.2) is 73.4 Å². The number of rotatable bonds is 41. The largest absolute Gasteiger partial charge is 0.472 e. The van der Waals surface area contributed by atoms with Gasteiger partial charge in [-0.1, -0.05) is 192 Å². The van der Waals surface area contributed by atoms with E-state index in [-0.39, 0.29) is 19.1 Å². The van der Waals surface area contributed by atoms with Crippen LogP contribution in [0.1, 0.15) is 206 Å². The van der Waals surface area contributed by atoms with Crippen LogP contribution < -0.4 is 5.32 Å². The summed E-state index contributed by atoms with van der Waals surface area (Å²) in [7, 11) is 1.56. The molecular weight excluding hydrogens is 695 g/mol. The van der Waals surface area contributed by atoms with Crippen molar-refractivity contribution in [3.63, 3.8) is 0 Å². The van der Waals surface area contributed by atoms with Crippen molar-refractivity contribution in [2.24, 2.45) is 0 Å². The number of aliphatic hydroxyl groups excluding tert-OH is 1. The van der Waals surface area contributed by atoms with E-state index in [0.717, 1.165) is 38.5 Å². The number of hydrogen-bond donors (Lipinski definition) is 3. The molecule has 3 unspecified atom stereocenters. The number of hydrogen-bond acceptors (Lipinski definition) is 5. The van der Waals surface area contributed by atoms with Gasteiger partial charge < -0.3 is 19.8 Å². The summed E-state index contributed by atoms with van der Waals surface area (Å²) in [6.45, 7) is 4.79. The fraction of sp³-hybridized carbons (Fsp3) is 0.889. The lowest BCUT2D eigenvalue weighted by Crippen LogP contribution is -2.45. The molecule has 0 saturated carbocycles. The summed E-state index contributed by atoms with van der Waals surface area (Å²) < 4.78 is 23.5. The first-order valence-electron chi connectivity index (χ1n) is 22.7. The average Bonchev–Trinajstić information content (AvgIpc) is 3.12. The minimum atomic E-state index is -4.34. The fourth-order valence-electron chi connectivity index (χ4n) is 6.53. The number of unbranched alkanes of at least 4 members (excludes halogenated alkanes) is 26. The van der Waals surface area contributed by atoms with Crippen molar-refractivity contribution < 1.29 is 32.9 Å². The van der Waals surface area contributed by atoms with Crippen LogP contribution in [0.3, 0.4) is 0 Å². The topological polar surface area (TPSA) is 105 Å². The van der Waals surface area contributed by atoms with Crippen molar-refractivity contribution in [2.75, 3.05) is 40.9 Å². The molecule has 3 N–H and O–H groups in total. The Balaban J connectivity index is 4.37. The van der Waals surface area contributed by atoms with Crippen LogP contribution in [0.25, 0.3) is 0 Å². The number of carbonyl (C=O) groups is 1. The number of amides is 1. The summed E-state index contributed by atoms with van der Waals surface area (Å²) >= 11 is 0. The summed E-state index contributed by atoms with van der Waals surface area (Å²) in [6, 6.07) is -0.857. The van der Waals surface area contributed by atoms with Crippen molar-refractivity contribution in [3.05, 3.63) is 24.3 Å². The molecular formula is C45H90N2O6P+. The highest BCUT2D eigenvalue weighted by Gasteiger charge is 2.27. The fourth-order valence-corrected chi connectivity index (χ4v) is 7.26. The molecule has 54 heavy (non-hydrogen) atoms. The van der Waals surface area contributed by atoms with Crippen molar-refractivity contribution in [1.29, 1.82) is 0 Å². The third-order valence-corrected chi connectivity index (χ3v) is 11.2. The summed E-state index contributed by atoms with van der Waals surface area (Å²) in [5, 5.41) is 13.8.